The van der Waals surface area contributed by atoms with Crippen LogP contribution in [0.5, 0.6) is 0 Å². The molecule has 0 aliphatic rings. The second kappa shape index (κ2) is 4.59. The zero-order chi connectivity index (χ0) is 12.3. The van der Waals surface area contributed by atoms with E-state index in [0.717, 1.165) is 16.5 Å². The number of hydrogen-bond donors (Lipinski definition) is 2. The number of carboxylic acid groups (broad SMARTS) is 1. The molecule has 86 valence electrons. The second-order valence-corrected chi connectivity index (χ2v) is 3.62. The third kappa shape index (κ3) is 2.21. The Kier molecular flexibility index (Phi) is 2.98. The van der Waals surface area contributed by atoms with Gasteiger partial charge in [0.15, 0.2) is 0 Å². The monoisotopic (exact) mass is 230 g/mol. The topological polar surface area (TPSA) is 102 Å². The van der Waals surface area contributed by atoms with E-state index < -0.39 is 12.0 Å². The Morgan fingerprint density at radius 3 is 3.00 bits per heavy atom. The van der Waals surface area contributed by atoms with Crippen LogP contribution in [0.3, 0.4) is 0 Å². The van der Waals surface area contributed by atoms with Gasteiger partial charge in [-0.15, -0.1) is 0 Å². The average molecular weight is 230 g/mol. The van der Waals surface area contributed by atoms with Gasteiger partial charge in [0.25, 0.3) is 0 Å². The molecule has 2 aromatic rings. The number of benzene rings is 1. The van der Waals surface area contributed by atoms with E-state index in [1.807, 2.05) is 24.3 Å². The highest BCUT2D eigenvalue weighted by Crippen LogP contribution is 2.19. The van der Waals surface area contributed by atoms with E-state index in [9.17, 15) is 4.79 Å². The maximum Gasteiger partial charge on any atom is 0.312 e. The number of nitrogens with one attached hydrogen (secondary N) is 1. The average Bonchev–Trinajstić information content (AvgIpc) is 2.72. The third-order valence-electron chi connectivity index (χ3n) is 2.56. The molecule has 0 aliphatic carbocycles. The van der Waals surface area contributed by atoms with Crippen molar-refractivity contribution >= 4 is 16.9 Å². The van der Waals surface area contributed by atoms with E-state index in [0.29, 0.717) is 0 Å². The van der Waals surface area contributed by atoms with Crippen molar-refractivity contribution in [3.05, 3.63) is 46.5 Å². The number of carboxylic acids is 1. The number of carbonyl (C=O) groups is 1. The van der Waals surface area contributed by atoms with Crippen LogP contribution in [0.2, 0.25) is 0 Å². The molecular formula is C11H10N4O2. The summed E-state index contributed by atoms with van der Waals surface area (Å²) < 4.78 is 0. The molecule has 1 unspecified atom stereocenters. The van der Waals surface area contributed by atoms with E-state index in [4.69, 9.17) is 10.6 Å². The first-order chi connectivity index (χ1) is 8.22. The van der Waals surface area contributed by atoms with Crippen molar-refractivity contribution in [2.45, 2.75) is 12.5 Å². The predicted molar refractivity (Wildman–Crippen MR) is 62.6 cm³/mol. The number of aromatic amines is 1. The smallest absolute Gasteiger partial charge is 0.312 e. The van der Waals surface area contributed by atoms with Crippen LogP contribution in [-0.4, -0.2) is 22.1 Å². The molecule has 2 rings (SSSR count). The van der Waals surface area contributed by atoms with E-state index in [2.05, 4.69) is 15.0 Å². The Labute approximate surface area is 96.5 Å². The van der Waals surface area contributed by atoms with E-state index in [1.165, 1.54) is 0 Å². The summed E-state index contributed by atoms with van der Waals surface area (Å²) in [4.78, 5) is 16.5. The van der Waals surface area contributed by atoms with Crippen molar-refractivity contribution in [1.82, 2.24) is 4.98 Å². The Balaban J connectivity index is 2.34. The largest absolute Gasteiger partial charge is 0.481 e. The summed E-state index contributed by atoms with van der Waals surface area (Å²) >= 11 is 0. The van der Waals surface area contributed by atoms with Crippen LogP contribution in [0.4, 0.5) is 0 Å². The summed E-state index contributed by atoms with van der Waals surface area (Å²) in [7, 11) is 0. The molecule has 2 N–H and O–H groups in total. The lowest BCUT2D eigenvalue weighted by molar-refractivity contribution is -0.138. The Hall–Kier alpha value is -2.46. The molecule has 6 nitrogen and oxygen atoms in total. The molecule has 0 radical (unpaired) electrons. The van der Waals surface area contributed by atoms with Crippen LogP contribution in [0.25, 0.3) is 21.3 Å². The number of rotatable bonds is 4. The van der Waals surface area contributed by atoms with E-state index in [-0.39, 0.29) is 6.42 Å². The van der Waals surface area contributed by atoms with Crippen molar-refractivity contribution in [1.29, 1.82) is 0 Å². The first-order valence-corrected chi connectivity index (χ1v) is 5.04. The molecule has 6 heteroatoms. The van der Waals surface area contributed by atoms with Crippen molar-refractivity contribution in [3.8, 4) is 0 Å². The molecular weight excluding hydrogens is 220 g/mol. The van der Waals surface area contributed by atoms with Gasteiger partial charge in [-0.05, 0) is 23.6 Å². The summed E-state index contributed by atoms with van der Waals surface area (Å²) in [5.41, 5.74) is 10.1. The number of H-pyrrole nitrogens is 1. The van der Waals surface area contributed by atoms with Crippen LogP contribution in [-0.2, 0) is 11.2 Å². The summed E-state index contributed by atoms with van der Waals surface area (Å²) in [6.45, 7) is 0. The van der Waals surface area contributed by atoms with Gasteiger partial charge in [-0.25, -0.2) is 0 Å². The summed E-state index contributed by atoms with van der Waals surface area (Å²) in [6, 6.07) is 6.51. The fourth-order valence-corrected chi connectivity index (χ4v) is 1.75. The maximum absolute atomic E-state index is 10.9. The molecule has 1 aromatic heterocycles. The third-order valence-corrected chi connectivity index (χ3v) is 2.56. The Morgan fingerprint density at radius 2 is 2.29 bits per heavy atom. The molecule has 17 heavy (non-hydrogen) atoms. The number of para-hydroxylation sites is 1. The lowest BCUT2D eigenvalue weighted by Gasteiger charge is -2.04. The SMILES string of the molecule is [N-]=[N+]=NC(Cc1c[nH]c2ccccc12)C(=O)O. The molecule has 1 aromatic carbocycles. The first kappa shape index (κ1) is 11.0. The zero-order valence-corrected chi connectivity index (χ0v) is 8.87. The highest BCUT2D eigenvalue weighted by molar-refractivity contribution is 5.84. The van der Waals surface area contributed by atoms with Crippen LogP contribution in [0, 0.1) is 0 Å². The predicted octanol–water partition coefficient (Wildman–Crippen LogP) is 2.47. The number of nitrogens with zero attached hydrogens (tertiary/aromatic N) is 3. The molecule has 0 amide bonds. The summed E-state index contributed by atoms with van der Waals surface area (Å²) in [6.07, 6.45) is 1.93. The fourth-order valence-electron chi connectivity index (χ4n) is 1.75. The van der Waals surface area contributed by atoms with Gasteiger partial charge in [0.05, 0.1) is 0 Å². The normalized spacial score (nSPS) is 12.0. The molecule has 0 spiro atoms. The van der Waals surface area contributed by atoms with Gasteiger partial charge in [0.1, 0.15) is 6.04 Å². The van der Waals surface area contributed by atoms with Gasteiger partial charge in [0, 0.05) is 22.0 Å². The van der Waals surface area contributed by atoms with Crippen molar-refractivity contribution in [2.24, 2.45) is 5.11 Å². The van der Waals surface area contributed by atoms with E-state index in [1.54, 1.807) is 6.20 Å². The van der Waals surface area contributed by atoms with Crippen molar-refractivity contribution in [2.75, 3.05) is 0 Å². The maximum atomic E-state index is 10.9. The van der Waals surface area contributed by atoms with Crippen molar-refractivity contribution < 1.29 is 9.90 Å². The molecule has 0 saturated heterocycles. The van der Waals surface area contributed by atoms with Crippen LogP contribution >= 0.6 is 0 Å². The Morgan fingerprint density at radius 1 is 1.53 bits per heavy atom. The second-order valence-electron chi connectivity index (χ2n) is 3.62. The summed E-state index contributed by atoms with van der Waals surface area (Å²) in [5.74, 6) is -1.12. The molecule has 1 atom stereocenters. The van der Waals surface area contributed by atoms with Crippen LogP contribution < -0.4 is 0 Å². The van der Waals surface area contributed by atoms with Gasteiger partial charge in [0.2, 0.25) is 0 Å². The number of aliphatic carboxylic acids is 1. The first-order valence-electron chi connectivity index (χ1n) is 5.04. The number of aromatic nitrogens is 1. The summed E-state index contributed by atoms with van der Waals surface area (Å²) in [5, 5.41) is 13.1. The van der Waals surface area contributed by atoms with Gasteiger partial charge >= 0.3 is 5.97 Å². The van der Waals surface area contributed by atoms with E-state index >= 15 is 0 Å². The Bertz CT molecular complexity index is 596. The molecule has 0 saturated carbocycles. The molecule has 0 aliphatic heterocycles. The quantitative estimate of drug-likeness (QED) is 0.478. The van der Waals surface area contributed by atoms with Gasteiger partial charge < -0.3 is 10.1 Å². The fraction of sp³-hybridized carbons (Fsp3) is 0.182. The molecule has 1 heterocycles. The van der Waals surface area contributed by atoms with Gasteiger partial charge in [-0.2, -0.15) is 0 Å². The van der Waals surface area contributed by atoms with Gasteiger partial charge in [-0.3, -0.25) is 4.79 Å². The van der Waals surface area contributed by atoms with Crippen LogP contribution in [0.15, 0.2) is 35.6 Å². The zero-order valence-electron chi connectivity index (χ0n) is 8.87. The lowest BCUT2D eigenvalue weighted by Crippen LogP contribution is -2.19. The van der Waals surface area contributed by atoms with Gasteiger partial charge in [-0.1, -0.05) is 23.3 Å². The minimum Gasteiger partial charge on any atom is -0.481 e. The highest BCUT2D eigenvalue weighted by Gasteiger charge is 2.17. The number of hydrogen-bond acceptors (Lipinski definition) is 2. The highest BCUT2D eigenvalue weighted by atomic mass is 16.4. The number of azide groups is 1. The van der Waals surface area contributed by atoms with Crippen molar-refractivity contribution in [3.63, 3.8) is 0 Å². The minimum absolute atomic E-state index is 0.184. The number of fused-ring (bicyclic) bond motifs is 1. The minimum atomic E-state index is -1.12. The van der Waals surface area contributed by atoms with Crippen LogP contribution in [0.1, 0.15) is 5.56 Å². The standard InChI is InChI=1S/C11H10N4O2/c12-15-14-10(11(16)17)5-7-6-13-9-4-2-1-3-8(7)9/h1-4,6,10,13H,5H2,(H,16,17). The molecule has 0 bridgehead atoms. The molecule has 0 fully saturated rings. The lowest BCUT2D eigenvalue weighted by atomic mass is 10.1.